The highest BCUT2D eigenvalue weighted by molar-refractivity contribution is 7.20. The number of aliphatic hydroxyl groups excluding tert-OH is 1. The van der Waals surface area contributed by atoms with Crippen molar-refractivity contribution >= 4 is 21.4 Å². The minimum Gasteiger partial charge on any atom is -0.393 e. The summed E-state index contributed by atoms with van der Waals surface area (Å²) in [5, 5.41) is 18.7. The molecule has 28 heavy (non-hydrogen) atoms. The van der Waals surface area contributed by atoms with Crippen LogP contribution in [0.4, 0.5) is 5.13 Å². The number of anilines is 1. The molecule has 0 radical (unpaired) electrons. The first-order chi connectivity index (χ1) is 13.4. The lowest BCUT2D eigenvalue weighted by molar-refractivity contribution is 0.0791. The van der Waals surface area contributed by atoms with Gasteiger partial charge in [0.25, 0.3) is 0 Å². The Hall–Kier alpha value is -1.96. The number of hydrogen-bond acceptors (Lipinski definition) is 6. The van der Waals surface area contributed by atoms with Crippen LogP contribution in [-0.2, 0) is 18.5 Å². The Bertz CT molecular complexity index is 902. The Morgan fingerprint density at radius 2 is 1.89 bits per heavy atom. The van der Waals surface area contributed by atoms with E-state index >= 15 is 0 Å². The van der Waals surface area contributed by atoms with Crippen molar-refractivity contribution in [2.45, 2.75) is 58.2 Å². The summed E-state index contributed by atoms with van der Waals surface area (Å²) in [7, 11) is 0. The molecular weight excluding hydrogens is 370 g/mol. The van der Waals surface area contributed by atoms with E-state index in [4.69, 9.17) is 4.98 Å². The van der Waals surface area contributed by atoms with E-state index in [1.54, 1.807) is 11.3 Å². The van der Waals surface area contributed by atoms with E-state index in [9.17, 15) is 5.11 Å². The van der Waals surface area contributed by atoms with Crippen molar-refractivity contribution < 1.29 is 5.11 Å². The zero-order valence-electron chi connectivity index (χ0n) is 16.9. The quantitative estimate of drug-likeness (QED) is 0.685. The van der Waals surface area contributed by atoms with Crippen LogP contribution >= 0.6 is 11.3 Å². The van der Waals surface area contributed by atoms with Crippen LogP contribution in [0.5, 0.6) is 0 Å². The molecule has 6 nitrogen and oxygen atoms in total. The van der Waals surface area contributed by atoms with Crippen LogP contribution in [0.15, 0.2) is 30.5 Å². The Labute approximate surface area is 170 Å². The number of fused-ring (bicyclic) bond motifs is 1. The van der Waals surface area contributed by atoms with E-state index in [1.807, 2.05) is 10.7 Å². The monoisotopic (exact) mass is 399 g/mol. The van der Waals surface area contributed by atoms with Gasteiger partial charge in [-0.3, -0.25) is 4.90 Å². The second-order valence-electron chi connectivity index (χ2n) is 8.64. The number of aromatic nitrogens is 3. The van der Waals surface area contributed by atoms with Gasteiger partial charge in [-0.25, -0.2) is 9.50 Å². The van der Waals surface area contributed by atoms with Crippen LogP contribution in [0.2, 0.25) is 0 Å². The number of nitrogens with one attached hydrogen (secondary N) is 1. The van der Waals surface area contributed by atoms with Crippen LogP contribution < -0.4 is 5.32 Å². The zero-order chi connectivity index (χ0) is 19.7. The Morgan fingerprint density at radius 3 is 2.57 bits per heavy atom. The van der Waals surface area contributed by atoms with Gasteiger partial charge in [0, 0.05) is 31.6 Å². The molecule has 0 amide bonds. The maximum atomic E-state index is 9.71. The van der Waals surface area contributed by atoms with Gasteiger partial charge in [-0.1, -0.05) is 56.4 Å². The molecule has 2 aromatic heterocycles. The number of imidazole rings is 1. The van der Waals surface area contributed by atoms with Crippen molar-refractivity contribution in [2.75, 3.05) is 18.4 Å². The summed E-state index contributed by atoms with van der Waals surface area (Å²) < 4.78 is 1.87. The van der Waals surface area contributed by atoms with Crippen molar-refractivity contribution in [1.29, 1.82) is 0 Å². The SMILES string of the molecule is CC(C)(C)c1cn2nc(NCc3ccccc3CN3CCC(O)CC3)sc2n1. The number of hydrogen-bond donors (Lipinski definition) is 2. The zero-order valence-corrected chi connectivity index (χ0v) is 17.7. The molecule has 3 heterocycles. The average molecular weight is 400 g/mol. The molecule has 0 bridgehead atoms. The van der Waals surface area contributed by atoms with Gasteiger partial charge in [-0.15, -0.1) is 5.10 Å². The summed E-state index contributed by atoms with van der Waals surface area (Å²) in [5.41, 5.74) is 3.72. The van der Waals surface area contributed by atoms with Gasteiger partial charge in [0.15, 0.2) is 0 Å². The second kappa shape index (κ2) is 7.81. The van der Waals surface area contributed by atoms with Crippen LogP contribution in [-0.4, -0.2) is 43.8 Å². The topological polar surface area (TPSA) is 65.7 Å². The number of nitrogens with zero attached hydrogens (tertiary/aromatic N) is 4. The number of rotatable bonds is 5. The summed E-state index contributed by atoms with van der Waals surface area (Å²) >= 11 is 1.59. The molecule has 1 fully saturated rings. The fraction of sp³-hybridized carbons (Fsp3) is 0.524. The molecule has 0 spiro atoms. The normalized spacial score (nSPS) is 16.7. The van der Waals surface area contributed by atoms with E-state index in [-0.39, 0.29) is 11.5 Å². The molecule has 1 aliphatic heterocycles. The van der Waals surface area contributed by atoms with Gasteiger partial charge in [0.2, 0.25) is 10.1 Å². The second-order valence-corrected chi connectivity index (χ2v) is 9.60. The lowest BCUT2D eigenvalue weighted by Crippen LogP contribution is -2.35. The Kier molecular flexibility index (Phi) is 5.40. The van der Waals surface area contributed by atoms with E-state index in [0.29, 0.717) is 0 Å². The fourth-order valence-corrected chi connectivity index (χ4v) is 4.28. The molecule has 3 aromatic rings. The van der Waals surface area contributed by atoms with Gasteiger partial charge in [-0.05, 0) is 24.0 Å². The molecule has 0 atom stereocenters. The Morgan fingerprint density at radius 1 is 1.18 bits per heavy atom. The number of benzene rings is 1. The third-order valence-electron chi connectivity index (χ3n) is 5.31. The lowest BCUT2D eigenvalue weighted by atomic mass is 9.93. The van der Waals surface area contributed by atoms with Gasteiger partial charge in [0.1, 0.15) is 0 Å². The maximum Gasteiger partial charge on any atom is 0.214 e. The predicted molar refractivity (Wildman–Crippen MR) is 114 cm³/mol. The summed E-state index contributed by atoms with van der Waals surface area (Å²) in [6.45, 7) is 10.1. The third-order valence-corrected chi connectivity index (χ3v) is 6.19. The van der Waals surface area contributed by atoms with E-state index in [0.717, 1.165) is 54.8 Å². The van der Waals surface area contributed by atoms with Crippen molar-refractivity contribution in [3.8, 4) is 0 Å². The van der Waals surface area contributed by atoms with Gasteiger partial charge >= 0.3 is 0 Å². The third kappa shape index (κ3) is 4.37. The van der Waals surface area contributed by atoms with E-state index < -0.39 is 0 Å². The number of aliphatic hydroxyl groups is 1. The molecule has 150 valence electrons. The molecule has 0 aliphatic carbocycles. The van der Waals surface area contributed by atoms with Crippen molar-refractivity contribution in [3.63, 3.8) is 0 Å². The Balaban J connectivity index is 1.42. The summed E-state index contributed by atoms with van der Waals surface area (Å²) in [6.07, 6.45) is 3.64. The standard InChI is InChI=1S/C21H29N5OS/c1-21(2,3)18-14-26-20(23-18)28-19(24-26)22-12-15-6-4-5-7-16(15)13-25-10-8-17(27)9-11-25/h4-7,14,17,27H,8-13H2,1-3H3,(H,22,24). The smallest absolute Gasteiger partial charge is 0.214 e. The maximum absolute atomic E-state index is 9.71. The highest BCUT2D eigenvalue weighted by Crippen LogP contribution is 2.26. The minimum absolute atomic E-state index is 0.0322. The summed E-state index contributed by atoms with van der Waals surface area (Å²) in [4.78, 5) is 8.06. The highest BCUT2D eigenvalue weighted by Gasteiger charge is 2.20. The predicted octanol–water partition coefficient (Wildman–Crippen LogP) is 3.66. The average Bonchev–Trinajstić information content (AvgIpc) is 3.21. The minimum atomic E-state index is -0.129. The molecule has 1 saturated heterocycles. The van der Waals surface area contributed by atoms with Crippen molar-refractivity contribution in [2.24, 2.45) is 0 Å². The largest absolute Gasteiger partial charge is 0.393 e. The lowest BCUT2D eigenvalue weighted by Gasteiger charge is -2.30. The van der Waals surface area contributed by atoms with Gasteiger partial charge in [-0.2, -0.15) is 0 Å². The molecule has 1 aromatic carbocycles. The summed E-state index contributed by atoms with van der Waals surface area (Å²) in [5.74, 6) is 0. The van der Waals surface area contributed by atoms with Crippen molar-refractivity contribution in [3.05, 3.63) is 47.3 Å². The molecule has 2 N–H and O–H groups in total. The van der Waals surface area contributed by atoms with Crippen LogP contribution in [0.3, 0.4) is 0 Å². The van der Waals surface area contributed by atoms with Crippen LogP contribution in [0, 0.1) is 0 Å². The molecule has 1 aliphatic rings. The van der Waals surface area contributed by atoms with Gasteiger partial charge in [0.05, 0.1) is 18.0 Å². The van der Waals surface area contributed by atoms with Gasteiger partial charge < -0.3 is 10.4 Å². The first-order valence-corrected chi connectivity index (χ1v) is 10.8. The molecule has 4 rings (SSSR count). The van der Waals surface area contributed by atoms with E-state index in [2.05, 4.69) is 60.4 Å². The molecular formula is C21H29N5OS. The highest BCUT2D eigenvalue weighted by atomic mass is 32.1. The molecule has 0 unspecified atom stereocenters. The first-order valence-electron chi connectivity index (χ1n) is 9.96. The first kappa shape index (κ1) is 19.4. The van der Waals surface area contributed by atoms with Crippen molar-refractivity contribution in [1.82, 2.24) is 19.5 Å². The fourth-order valence-electron chi connectivity index (χ4n) is 3.51. The van der Waals surface area contributed by atoms with Crippen LogP contribution in [0.25, 0.3) is 4.96 Å². The number of piperidine rings is 1. The number of likely N-dealkylation sites (tertiary alicyclic amines) is 1. The summed E-state index contributed by atoms with van der Waals surface area (Å²) in [6, 6.07) is 8.57. The molecule has 0 saturated carbocycles. The van der Waals surface area contributed by atoms with Crippen LogP contribution in [0.1, 0.15) is 50.4 Å². The molecule has 7 heteroatoms. The van der Waals surface area contributed by atoms with E-state index in [1.165, 1.54) is 11.1 Å².